The zero-order valence-electron chi connectivity index (χ0n) is 11.2. The molecule has 0 aliphatic rings. The third-order valence-electron chi connectivity index (χ3n) is 2.96. The van der Waals surface area contributed by atoms with E-state index in [-0.39, 0.29) is 0 Å². The van der Waals surface area contributed by atoms with Gasteiger partial charge in [-0.3, -0.25) is 4.40 Å². The molecule has 3 aromatic rings. The Morgan fingerprint density at radius 2 is 2.16 bits per heavy atom. The smallest absolute Gasteiger partial charge is 0.196 e. The molecule has 0 radical (unpaired) electrons. The highest BCUT2D eigenvalue weighted by Gasteiger charge is 2.17. The van der Waals surface area contributed by atoms with Gasteiger partial charge in [-0.1, -0.05) is 6.92 Å². The normalized spacial score (nSPS) is 11.5. The van der Waals surface area contributed by atoms with E-state index in [9.17, 15) is 0 Å². The average molecular weight is 276 g/mol. The number of fused-ring (bicyclic) bond motifs is 1. The van der Waals surface area contributed by atoms with Gasteiger partial charge in [0, 0.05) is 18.1 Å². The van der Waals surface area contributed by atoms with E-state index in [4.69, 9.17) is 0 Å². The second kappa shape index (κ2) is 4.75. The summed E-state index contributed by atoms with van der Waals surface area (Å²) in [7, 11) is 0. The van der Waals surface area contributed by atoms with Gasteiger partial charge in [0.25, 0.3) is 0 Å². The van der Waals surface area contributed by atoms with Crippen molar-refractivity contribution in [3.63, 3.8) is 0 Å². The number of hydrogen-bond donors (Lipinski definition) is 1. The van der Waals surface area contributed by atoms with Gasteiger partial charge < -0.3 is 5.32 Å². The second-order valence-electron chi connectivity index (χ2n) is 4.34. The maximum atomic E-state index is 4.67. The van der Waals surface area contributed by atoms with E-state index in [2.05, 4.69) is 31.7 Å². The summed E-state index contributed by atoms with van der Waals surface area (Å²) in [6, 6.07) is 0. The topological polar surface area (TPSA) is 60.0 Å². The van der Waals surface area contributed by atoms with Crippen LogP contribution in [0.25, 0.3) is 10.8 Å². The van der Waals surface area contributed by atoms with E-state index >= 15 is 0 Å². The fraction of sp³-hybridized carbons (Fsp3) is 0.417. The number of hydrogen-bond acceptors (Lipinski definition) is 5. The van der Waals surface area contributed by atoms with Gasteiger partial charge in [0.05, 0.1) is 5.69 Å². The van der Waals surface area contributed by atoms with Gasteiger partial charge in [0.15, 0.2) is 10.8 Å². The summed E-state index contributed by atoms with van der Waals surface area (Å²) in [4.78, 5) is 10.0. The predicted octanol–water partition coefficient (Wildman–Crippen LogP) is 1.70. The van der Waals surface area contributed by atoms with Crippen molar-refractivity contribution in [1.29, 1.82) is 0 Å². The molecule has 0 atom stereocenters. The van der Waals surface area contributed by atoms with Crippen molar-refractivity contribution < 1.29 is 0 Å². The summed E-state index contributed by atoms with van der Waals surface area (Å²) in [5.41, 5.74) is 1.12. The SMILES string of the molecule is CCNCc1c(-n2nc(C)nc2C)nc2sccn12. The second-order valence-corrected chi connectivity index (χ2v) is 5.21. The van der Waals surface area contributed by atoms with Crippen molar-refractivity contribution in [2.24, 2.45) is 0 Å². The Labute approximate surface area is 115 Å². The van der Waals surface area contributed by atoms with Gasteiger partial charge in [-0.25, -0.2) is 4.98 Å². The first-order valence-electron chi connectivity index (χ1n) is 6.26. The Balaban J connectivity index is 2.16. The van der Waals surface area contributed by atoms with Crippen molar-refractivity contribution in [3.05, 3.63) is 28.9 Å². The summed E-state index contributed by atoms with van der Waals surface area (Å²) < 4.78 is 3.93. The largest absolute Gasteiger partial charge is 0.311 e. The molecule has 0 amide bonds. The molecule has 0 saturated carbocycles. The minimum absolute atomic E-state index is 0.766. The van der Waals surface area contributed by atoms with E-state index in [1.807, 2.05) is 30.1 Å². The molecule has 100 valence electrons. The minimum Gasteiger partial charge on any atom is -0.311 e. The lowest BCUT2D eigenvalue weighted by Crippen LogP contribution is -2.15. The number of thiazole rings is 1. The fourth-order valence-corrected chi connectivity index (χ4v) is 2.85. The Bertz CT molecular complexity index is 707. The summed E-state index contributed by atoms with van der Waals surface area (Å²) in [6.45, 7) is 7.63. The molecule has 19 heavy (non-hydrogen) atoms. The van der Waals surface area contributed by atoms with Crippen LogP contribution in [0.1, 0.15) is 24.3 Å². The van der Waals surface area contributed by atoms with E-state index in [0.717, 1.165) is 41.2 Å². The van der Waals surface area contributed by atoms with Crippen LogP contribution in [0.4, 0.5) is 0 Å². The van der Waals surface area contributed by atoms with E-state index in [0.29, 0.717) is 0 Å². The summed E-state index contributed by atoms with van der Waals surface area (Å²) in [5, 5.41) is 9.82. The fourth-order valence-electron chi connectivity index (χ4n) is 2.12. The molecule has 7 heteroatoms. The lowest BCUT2D eigenvalue weighted by Gasteiger charge is -2.05. The van der Waals surface area contributed by atoms with Crippen LogP contribution >= 0.6 is 11.3 Å². The maximum absolute atomic E-state index is 4.67. The van der Waals surface area contributed by atoms with Crippen LogP contribution in [0.15, 0.2) is 11.6 Å². The molecule has 0 saturated heterocycles. The van der Waals surface area contributed by atoms with Crippen molar-refractivity contribution in [1.82, 2.24) is 29.5 Å². The van der Waals surface area contributed by atoms with Gasteiger partial charge in [-0.2, -0.15) is 9.67 Å². The number of nitrogens with one attached hydrogen (secondary N) is 1. The molecular formula is C12H16N6S. The lowest BCUT2D eigenvalue weighted by molar-refractivity contribution is 0.691. The lowest BCUT2D eigenvalue weighted by atomic mass is 10.4. The summed E-state index contributed by atoms with van der Waals surface area (Å²) >= 11 is 1.63. The van der Waals surface area contributed by atoms with Crippen LogP contribution in [0, 0.1) is 13.8 Å². The number of nitrogens with zero attached hydrogens (tertiary/aromatic N) is 5. The molecular weight excluding hydrogens is 260 g/mol. The van der Waals surface area contributed by atoms with Crippen LogP contribution in [-0.4, -0.2) is 30.7 Å². The van der Waals surface area contributed by atoms with Crippen LogP contribution in [-0.2, 0) is 6.54 Å². The van der Waals surface area contributed by atoms with E-state index in [1.165, 1.54) is 0 Å². The Morgan fingerprint density at radius 3 is 2.84 bits per heavy atom. The van der Waals surface area contributed by atoms with E-state index in [1.54, 1.807) is 11.3 Å². The zero-order valence-corrected chi connectivity index (χ0v) is 12.0. The molecule has 3 aromatic heterocycles. The Hall–Kier alpha value is -1.73. The van der Waals surface area contributed by atoms with Crippen molar-refractivity contribution in [2.75, 3.05) is 6.54 Å². The van der Waals surface area contributed by atoms with Crippen molar-refractivity contribution in [2.45, 2.75) is 27.3 Å². The van der Waals surface area contributed by atoms with Gasteiger partial charge in [-0.15, -0.1) is 16.4 Å². The quantitative estimate of drug-likeness (QED) is 0.788. The zero-order chi connectivity index (χ0) is 13.4. The van der Waals surface area contributed by atoms with Crippen LogP contribution in [0.5, 0.6) is 0 Å². The number of rotatable bonds is 4. The first kappa shape index (κ1) is 12.3. The standard InChI is InChI=1S/C12H16N6S/c1-4-13-7-10-11(15-12-17(10)5-6-19-12)18-9(3)14-8(2)16-18/h5-6,13H,4,7H2,1-3H3. The molecule has 0 spiro atoms. The van der Waals surface area contributed by atoms with Gasteiger partial charge in [0.1, 0.15) is 11.6 Å². The molecule has 3 heterocycles. The van der Waals surface area contributed by atoms with Crippen molar-refractivity contribution in [3.8, 4) is 5.82 Å². The third kappa shape index (κ3) is 2.04. The average Bonchev–Trinajstić information content (AvgIpc) is 3.01. The molecule has 3 rings (SSSR count). The number of imidazole rings is 1. The van der Waals surface area contributed by atoms with Crippen molar-refractivity contribution >= 4 is 16.3 Å². The van der Waals surface area contributed by atoms with Crippen LogP contribution in [0.2, 0.25) is 0 Å². The van der Waals surface area contributed by atoms with Gasteiger partial charge in [0.2, 0.25) is 0 Å². The summed E-state index contributed by atoms with van der Waals surface area (Å²) in [6.07, 6.45) is 2.04. The maximum Gasteiger partial charge on any atom is 0.196 e. The molecule has 0 fully saturated rings. The molecule has 0 unspecified atom stereocenters. The summed E-state index contributed by atoms with van der Waals surface area (Å²) in [5.74, 6) is 2.50. The predicted molar refractivity (Wildman–Crippen MR) is 74.8 cm³/mol. The first-order chi connectivity index (χ1) is 9.20. The molecule has 0 aliphatic heterocycles. The molecule has 1 N–H and O–H groups in total. The third-order valence-corrected chi connectivity index (χ3v) is 3.71. The molecule has 0 aromatic carbocycles. The highest BCUT2D eigenvalue weighted by Crippen LogP contribution is 2.21. The monoisotopic (exact) mass is 276 g/mol. The number of aryl methyl sites for hydroxylation is 2. The van der Waals surface area contributed by atoms with Crippen LogP contribution < -0.4 is 5.32 Å². The highest BCUT2D eigenvalue weighted by atomic mass is 32.1. The van der Waals surface area contributed by atoms with Gasteiger partial charge >= 0.3 is 0 Å². The number of aromatic nitrogens is 5. The van der Waals surface area contributed by atoms with Gasteiger partial charge in [-0.05, 0) is 20.4 Å². The molecule has 6 nitrogen and oxygen atoms in total. The minimum atomic E-state index is 0.766. The molecule has 0 aliphatic carbocycles. The van der Waals surface area contributed by atoms with Crippen LogP contribution in [0.3, 0.4) is 0 Å². The Morgan fingerprint density at radius 1 is 1.32 bits per heavy atom. The first-order valence-corrected chi connectivity index (χ1v) is 7.14. The highest BCUT2D eigenvalue weighted by molar-refractivity contribution is 7.15. The van der Waals surface area contributed by atoms with E-state index < -0.39 is 0 Å². The Kier molecular flexibility index (Phi) is 3.08. The molecule has 0 bridgehead atoms.